The molecular weight excluding hydrogens is 368 g/mol. The molecule has 2 fully saturated rings. The second-order valence-electron chi connectivity index (χ2n) is 10.6. The molecule has 2 heterocycles. The topological polar surface area (TPSA) is 33.2 Å². The van der Waals surface area contributed by atoms with Gasteiger partial charge in [-0.2, -0.15) is 0 Å². The van der Waals surface area contributed by atoms with E-state index in [0.717, 1.165) is 52.7 Å². The number of carbonyl (C=O) groups excluding carboxylic acids is 1. The quantitative estimate of drug-likeness (QED) is 0.511. The molecule has 30 heavy (non-hydrogen) atoms. The van der Waals surface area contributed by atoms with Crippen LogP contribution in [-0.4, -0.2) is 28.4 Å². The number of amides is 1. The van der Waals surface area contributed by atoms with Crippen molar-refractivity contribution in [1.29, 1.82) is 0 Å². The number of rotatable bonds is 2. The number of aromatic nitrogens is 1. The van der Waals surface area contributed by atoms with Crippen LogP contribution < -0.4 is 0 Å². The second kappa shape index (κ2) is 6.66. The van der Waals surface area contributed by atoms with Crippen molar-refractivity contribution in [2.45, 2.75) is 53.0 Å². The first kappa shape index (κ1) is 19.3. The van der Waals surface area contributed by atoms with Gasteiger partial charge in [-0.25, -0.2) is 4.98 Å². The fraction of sp³-hybridized carbons (Fsp3) is 0.407. The number of fused-ring (bicyclic) bond motifs is 3. The number of hydrogen-bond donors (Lipinski definition) is 0. The molecule has 2 aliphatic rings. The highest BCUT2D eigenvalue weighted by Crippen LogP contribution is 2.52. The minimum Gasteiger partial charge on any atom is -0.335 e. The van der Waals surface area contributed by atoms with Crippen molar-refractivity contribution < 1.29 is 4.79 Å². The van der Waals surface area contributed by atoms with Crippen LogP contribution in [0, 0.1) is 17.8 Å². The van der Waals surface area contributed by atoms with Crippen molar-refractivity contribution in [3.05, 3.63) is 65.7 Å². The van der Waals surface area contributed by atoms with Crippen LogP contribution in [0.4, 0.5) is 0 Å². The van der Waals surface area contributed by atoms with E-state index < -0.39 is 0 Å². The van der Waals surface area contributed by atoms with Gasteiger partial charge in [0.05, 0.1) is 16.8 Å². The van der Waals surface area contributed by atoms with Gasteiger partial charge < -0.3 is 4.90 Å². The van der Waals surface area contributed by atoms with Crippen molar-refractivity contribution in [3.63, 3.8) is 0 Å². The number of aryl methyl sites for hydroxylation is 1. The average Bonchev–Trinajstić information content (AvgIpc) is 2.96. The highest BCUT2D eigenvalue weighted by Gasteiger charge is 2.51. The molecule has 2 atom stereocenters. The number of likely N-dealkylation sites (tertiary alicyclic amines) is 1. The van der Waals surface area contributed by atoms with Crippen molar-refractivity contribution in [1.82, 2.24) is 9.88 Å². The monoisotopic (exact) mass is 398 g/mol. The lowest BCUT2D eigenvalue weighted by Crippen LogP contribution is -2.37. The Morgan fingerprint density at radius 1 is 1.03 bits per heavy atom. The van der Waals surface area contributed by atoms with Crippen molar-refractivity contribution in [2.24, 2.45) is 10.8 Å². The molecule has 154 valence electrons. The normalized spacial score (nSPS) is 24.9. The van der Waals surface area contributed by atoms with Gasteiger partial charge in [0.1, 0.15) is 0 Å². The van der Waals surface area contributed by atoms with Gasteiger partial charge in [-0.3, -0.25) is 4.79 Å². The zero-order valence-electron chi connectivity index (χ0n) is 18.4. The maximum atomic E-state index is 13.9. The maximum Gasteiger partial charge on any atom is 0.254 e. The lowest BCUT2D eigenvalue weighted by molar-refractivity contribution is 0.0710. The summed E-state index contributed by atoms with van der Waals surface area (Å²) >= 11 is 0. The zero-order chi connectivity index (χ0) is 21.1. The van der Waals surface area contributed by atoms with Crippen LogP contribution in [0.3, 0.4) is 0 Å². The molecule has 2 bridgehead atoms. The molecule has 1 saturated carbocycles. The van der Waals surface area contributed by atoms with E-state index in [0.29, 0.717) is 11.5 Å². The van der Waals surface area contributed by atoms with Crippen LogP contribution in [0.1, 0.15) is 56.0 Å². The van der Waals surface area contributed by atoms with Crippen LogP contribution in [-0.2, 0) is 0 Å². The average molecular weight is 399 g/mol. The third-order valence-corrected chi connectivity index (χ3v) is 6.94. The number of benzene rings is 2. The van der Waals surface area contributed by atoms with Crippen LogP contribution >= 0.6 is 0 Å². The summed E-state index contributed by atoms with van der Waals surface area (Å²) in [6.45, 7) is 9.99. The van der Waals surface area contributed by atoms with Crippen LogP contribution in [0.25, 0.3) is 22.2 Å². The van der Waals surface area contributed by atoms with Crippen molar-refractivity contribution >= 4 is 16.8 Å². The summed E-state index contributed by atoms with van der Waals surface area (Å²) < 4.78 is 0. The summed E-state index contributed by atoms with van der Waals surface area (Å²) in [6.07, 6.45) is 3.39. The minimum atomic E-state index is 0.164. The molecule has 0 N–H and O–H groups in total. The molecular formula is C27H30N2O. The molecule has 2 unspecified atom stereocenters. The third kappa shape index (κ3) is 3.30. The second-order valence-corrected chi connectivity index (χ2v) is 10.6. The third-order valence-electron chi connectivity index (χ3n) is 6.94. The number of carbonyl (C=O) groups is 1. The molecule has 3 heteroatoms. The smallest absolute Gasteiger partial charge is 0.254 e. The van der Waals surface area contributed by atoms with Crippen LogP contribution in [0.5, 0.6) is 0 Å². The van der Waals surface area contributed by atoms with E-state index in [2.05, 4.69) is 56.9 Å². The van der Waals surface area contributed by atoms with Gasteiger partial charge >= 0.3 is 0 Å². The predicted octanol–water partition coefficient (Wildman–Crippen LogP) is 6.25. The molecule has 1 amide bonds. The summed E-state index contributed by atoms with van der Waals surface area (Å²) in [7, 11) is 0. The molecule has 2 aromatic carbocycles. The van der Waals surface area contributed by atoms with Gasteiger partial charge in [-0.1, -0.05) is 62.7 Å². The highest BCUT2D eigenvalue weighted by atomic mass is 16.2. The summed E-state index contributed by atoms with van der Waals surface area (Å²) in [5, 5.41) is 0.963. The van der Waals surface area contributed by atoms with E-state index in [1.165, 1.54) is 6.42 Å². The largest absolute Gasteiger partial charge is 0.335 e. The van der Waals surface area contributed by atoms with Gasteiger partial charge in [0.2, 0.25) is 0 Å². The van der Waals surface area contributed by atoms with E-state index in [4.69, 9.17) is 4.98 Å². The van der Waals surface area contributed by atoms with Gasteiger partial charge in [0.15, 0.2) is 0 Å². The first-order chi connectivity index (χ1) is 14.2. The number of hydrogen-bond acceptors (Lipinski definition) is 2. The molecule has 1 aliphatic carbocycles. The Morgan fingerprint density at radius 2 is 1.80 bits per heavy atom. The summed E-state index contributed by atoms with van der Waals surface area (Å²) in [5.74, 6) is 0.164. The summed E-state index contributed by atoms with van der Waals surface area (Å²) in [5.41, 5.74) is 5.25. The maximum absolute atomic E-state index is 13.9. The molecule has 3 nitrogen and oxygen atoms in total. The Hall–Kier alpha value is -2.68. The first-order valence-electron chi connectivity index (χ1n) is 11.0. The van der Waals surface area contributed by atoms with E-state index in [1.807, 2.05) is 30.3 Å². The zero-order valence-corrected chi connectivity index (χ0v) is 18.4. The fourth-order valence-corrected chi connectivity index (χ4v) is 6.13. The molecule has 0 spiro atoms. The Morgan fingerprint density at radius 3 is 2.57 bits per heavy atom. The predicted molar refractivity (Wildman–Crippen MR) is 122 cm³/mol. The Kier molecular flexibility index (Phi) is 4.29. The Labute approximate surface area is 179 Å². The van der Waals surface area contributed by atoms with Gasteiger partial charge in [0, 0.05) is 23.5 Å². The molecule has 1 aromatic heterocycles. The molecule has 0 radical (unpaired) electrons. The van der Waals surface area contributed by atoms with Gasteiger partial charge in [0.25, 0.3) is 5.91 Å². The number of pyridine rings is 1. The van der Waals surface area contributed by atoms with Gasteiger partial charge in [-0.05, 0) is 55.2 Å². The standard InChI is InChI=1S/C27H30N2O/c1-18-10-11-23-21(12-18)22(13-24(28-23)19-8-6-5-7-9-19)25(30)29-17-27(4)15-20(29)14-26(2,3)16-27/h5-13,20H,14-17H2,1-4H3. The molecule has 3 aromatic rings. The minimum absolute atomic E-state index is 0.164. The van der Waals surface area contributed by atoms with E-state index in [-0.39, 0.29) is 11.3 Å². The first-order valence-corrected chi connectivity index (χ1v) is 11.0. The van der Waals surface area contributed by atoms with Crippen molar-refractivity contribution in [2.75, 3.05) is 6.54 Å². The van der Waals surface area contributed by atoms with Gasteiger partial charge in [-0.15, -0.1) is 0 Å². The fourth-order valence-electron chi connectivity index (χ4n) is 6.13. The van der Waals surface area contributed by atoms with E-state index in [9.17, 15) is 4.79 Å². The molecule has 1 aliphatic heterocycles. The lowest BCUT2D eigenvalue weighted by atomic mass is 9.65. The van der Waals surface area contributed by atoms with Crippen LogP contribution in [0.15, 0.2) is 54.6 Å². The highest BCUT2D eigenvalue weighted by molar-refractivity contribution is 6.07. The molecule has 5 rings (SSSR count). The van der Waals surface area contributed by atoms with Crippen LogP contribution in [0.2, 0.25) is 0 Å². The number of nitrogens with zero attached hydrogens (tertiary/aromatic N) is 2. The lowest BCUT2D eigenvalue weighted by Gasteiger charge is -2.39. The Balaban J connectivity index is 1.63. The van der Waals surface area contributed by atoms with Crippen molar-refractivity contribution in [3.8, 4) is 11.3 Å². The Bertz CT molecular complexity index is 1130. The molecule has 1 saturated heterocycles. The summed E-state index contributed by atoms with van der Waals surface area (Å²) in [4.78, 5) is 21.0. The van der Waals surface area contributed by atoms with E-state index >= 15 is 0 Å². The van der Waals surface area contributed by atoms with E-state index in [1.54, 1.807) is 0 Å². The SMILES string of the molecule is Cc1ccc2nc(-c3ccccc3)cc(C(=O)N3CC4(C)CC3CC(C)(C)C4)c2c1. The summed E-state index contributed by atoms with van der Waals surface area (Å²) in [6, 6.07) is 18.7.